The van der Waals surface area contributed by atoms with Crippen molar-refractivity contribution in [1.82, 2.24) is 19.7 Å². The molecule has 0 bridgehead atoms. The highest BCUT2D eigenvalue weighted by Crippen LogP contribution is 2.27. The van der Waals surface area contributed by atoms with Gasteiger partial charge in [-0.25, -0.2) is 0 Å². The summed E-state index contributed by atoms with van der Waals surface area (Å²) >= 11 is 7.44. The van der Waals surface area contributed by atoms with E-state index in [1.807, 2.05) is 33.7 Å². The van der Waals surface area contributed by atoms with Crippen molar-refractivity contribution >= 4 is 29.3 Å². The minimum atomic E-state index is 0.188. The van der Waals surface area contributed by atoms with Gasteiger partial charge in [0, 0.05) is 29.2 Å². The van der Waals surface area contributed by atoms with Crippen LogP contribution in [-0.4, -0.2) is 43.4 Å². The molecule has 0 unspecified atom stereocenters. The van der Waals surface area contributed by atoms with Crippen LogP contribution in [0.3, 0.4) is 0 Å². The van der Waals surface area contributed by atoms with Gasteiger partial charge >= 0.3 is 0 Å². The molecule has 2 aromatic rings. The first-order chi connectivity index (χ1) is 12.5. The van der Waals surface area contributed by atoms with Crippen molar-refractivity contribution in [2.45, 2.75) is 63.8 Å². The topological polar surface area (TPSA) is 51.0 Å². The SMILES string of the molecule is CCn1c(SCC(=O)N2[C@H](C)CCC[C@@H]2C)nnc1-c1ccc(Cl)cc1. The lowest BCUT2D eigenvalue weighted by atomic mass is 9.98. The fraction of sp³-hybridized carbons (Fsp3) is 0.526. The van der Waals surface area contributed by atoms with Crippen molar-refractivity contribution in [2.24, 2.45) is 0 Å². The molecule has 1 aliphatic heterocycles. The Hall–Kier alpha value is -1.53. The number of rotatable bonds is 5. The maximum Gasteiger partial charge on any atom is 0.233 e. The summed E-state index contributed by atoms with van der Waals surface area (Å²) in [4.78, 5) is 14.8. The van der Waals surface area contributed by atoms with Crippen LogP contribution >= 0.6 is 23.4 Å². The van der Waals surface area contributed by atoms with Gasteiger partial charge in [-0.15, -0.1) is 10.2 Å². The van der Waals surface area contributed by atoms with E-state index in [0.29, 0.717) is 22.9 Å². The zero-order valence-electron chi connectivity index (χ0n) is 15.5. The van der Waals surface area contributed by atoms with Crippen molar-refractivity contribution in [2.75, 3.05) is 5.75 Å². The molecule has 1 aromatic heterocycles. The third-order valence-electron chi connectivity index (χ3n) is 4.94. The summed E-state index contributed by atoms with van der Waals surface area (Å²) in [6, 6.07) is 8.22. The van der Waals surface area contributed by atoms with Gasteiger partial charge in [0.25, 0.3) is 0 Å². The van der Waals surface area contributed by atoms with Gasteiger partial charge in [0.2, 0.25) is 5.91 Å². The fourth-order valence-electron chi connectivity index (χ4n) is 3.61. The molecule has 5 nitrogen and oxygen atoms in total. The Labute approximate surface area is 164 Å². The van der Waals surface area contributed by atoms with Crippen LogP contribution in [0.1, 0.15) is 40.0 Å². The molecule has 3 rings (SSSR count). The van der Waals surface area contributed by atoms with E-state index >= 15 is 0 Å². The first kappa shape index (κ1) is 19.2. The number of hydrogen-bond donors (Lipinski definition) is 0. The van der Waals surface area contributed by atoms with Gasteiger partial charge in [-0.05, 0) is 64.3 Å². The Morgan fingerprint density at radius 3 is 2.46 bits per heavy atom. The van der Waals surface area contributed by atoms with Crippen LogP contribution in [0.5, 0.6) is 0 Å². The quantitative estimate of drug-likeness (QED) is 0.703. The number of halogens is 1. The average Bonchev–Trinajstić information content (AvgIpc) is 3.03. The van der Waals surface area contributed by atoms with Gasteiger partial charge in [0.05, 0.1) is 5.75 Å². The van der Waals surface area contributed by atoms with E-state index in [0.717, 1.165) is 35.9 Å². The normalized spacial score (nSPS) is 20.4. The van der Waals surface area contributed by atoms with Crippen molar-refractivity contribution in [3.05, 3.63) is 29.3 Å². The van der Waals surface area contributed by atoms with Gasteiger partial charge in [-0.3, -0.25) is 4.79 Å². The van der Waals surface area contributed by atoms with Crippen molar-refractivity contribution in [1.29, 1.82) is 0 Å². The van der Waals surface area contributed by atoms with Crippen LogP contribution in [-0.2, 0) is 11.3 Å². The van der Waals surface area contributed by atoms with Crippen LogP contribution in [0.15, 0.2) is 29.4 Å². The molecule has 0 N–H and O–H groups in total. The highest BCUT2D eigenvalue weighted by atomic mass is 35.5. The molecule has 1 fully saturated rings. The second kappa shape index (κ2) is 8.44. The van der Waals surface area contributed by atoms with E-state index < -0.39 is 0 Å². The molecule has 1 saturated heterocycles. The summed E-state index contributed by atoms with van der Waals surface area (Å²) in [5.41, 5.74) is 0.972. The number of carbonyl (C=O) groups is 1. The maximum atomic E-state index is 12.7. The zero-order chi connectivity index (χ0) is 18.7. The molecular weight excluding hydrogens is 368 g/mol. The monoisotopic (exact) mass is 392 g/mol. The highest BCUT2D eigenvalue weighted by molar-refractivity contribution is 7.99. The molecular formula is C19H25ClN4OS. The van der Waals surface area contributed by atoms with Crippen molar-refractivity contribution in [3.8, 4) is 11.4 Å². The molecule has 1 amide bonds. The zero-order valence-corrected chi connectivity index (χ0v) is 17.1. The Balaban J connectivity index is 1.72. The van der Waals surface area contributed by atoms with Crippen LogP contribution in [0.25, 0.3) is 11.4 Å². The Morgan fingerprint density at radius 1 is 1.19 bits per heavy atom. The lowest BCUT2D eigenvalue weighted by Gasteiger charge is -2.39. The predicted molar refractivity (Wildman–Crippen MR) is 106 cm³/mol. The predicted octanol–water partition coefficient (Wildman–Crippen LogP) is 4.50. The summed E-state index contributed by atoms with van der Waals surface area (Å²) in [7, 11) is 0. The van der Waals surface area contributed by atoms with E-state index in [9.17, 15) is 4.79 Å². The maximum absolute atomic E-state index is 12.7. The van der Waals surface area contributed by atoms with E-state index in [4.69, 9.17) is 11.6 Å². The number of amides is 1. The third kappa shape index (κ3) is 4.07. The number of carbonyl (C=O) groups excluding carboxylic acids is 1. The first-order valence-electron chi connectivity index (χ1n) is 9.14. The molecule has 140 valence electrons. The van der Waals surface area contributed by atoms with E-state index in [1.165, 1.54) is 18.2 Å². The molecule has 2 heterocycles. The highest BCUT2D eigenvalue weighted by Gasteiger charge is 2.29. The van der Waals surface area contributed by atoms with Gasteiger partial charge in [-0.2, -0.15) is 0 Å². The molecule has 2 atom stereocenters. The third-order valence-corrected chi connectivity index (χ3v) is 6.15. The lowest BCUT2D eigenvalue weighted by Crippen LogP contribution is -2.48. The smallest absolute Gasteiger partial charge is 0.233 e. The lowest BCUT2D eigenvalue weighted by molar-refractivity contribution is -0.134. The number of benzene rings is 1. The number of hydrogen-bond acceptors (Lipinski definition) is 4. The average molecular weight is 393 g/mol. The minimum absolute atomic E-state index is 0.188. The van der Waals surface area contributed by atoms with Crippen LogP contribution < -0.4 is 0 Å². The number of thioether (sulfide) groups is 1. The van der Waals surface area contributed by atoms with Crippen molar-refractivity contribution in [3.63, 3.8) is 0 Å². The molecule has 7 heteroatoms. The second-order valence-corrected chi connectivity index (χ2v) is 8.15. The Morgan fingerprint density at radius 2 is 1.85 bits per heavy atom. The molecule has 0 aliphatic carbocycles. The van der Waals surface area contributed by atoms with Gasteiger partial charge in [-0.1, -0.05) is 23.4 Å². The second-order valence-electron chi connectivity index (χ2n) is 6.78. The molecule has 0 radical (unpaired) electrons. The first-order valence-corrected chi connectivity index (χ1v) is 10.5. The summed E-state index contributed by atoms with van der Waals surface area (Å²) in [5, 5.41) is 10.1. The number of aromatic nitrogens is 3. The van der Waals surface area contributed by atoms with Crippen LogP contribution in [0.4, 0.5) is 0 Å². The van der Waals surface area contributed by atoms with E-state index in [2.05, 4.69) is 31.0 Å². The molecule has 0 spiro atoms. The number of nitrogens with zero attached hydrogens (tertiary/aromatic N) is 4. The number of likely N-dealkylation sites (tertiary alicyclic amines) is 1. The summed E-state index contributed by atoms with van der Waals surface area (Å²) < 4.78 is 2.05. The van der Waals surface area contributed by atoms with Crippen LogP contribution in [0, 0.1) is 0 Å². The van der Waals surface area contributed by atoms with E-state index in [1.54, 1.807) is 0 Å². The minimum Gasteiger partial charge on any atom is -0.337 e. The van der Waals surface area contributed by atoms with Gasteiger partial charge in [0.15, 0.2) is 11.0 Å². The van der Waals surface area contributed by atoms with Gasteiger partial charge in [0.1, 0.15) is 0 Å². The largest absolute Gasteiger partial charge is 0.337 e. The standard InChI is InChI=1S/C19H25ClN4OS/c1-4-23-18(15-8-10-16(20)11-9-15)21-22-19(23)26-12-17(25)24-13(2)6-5-7-14(24)3/h8-11,13-14H,4-7,12H2,1-3H3/t13-,14+. The molecule has 1 aliphatic rings. The van der Waals surface area contributed by atoms with Crippen LogP contribution in [0.2, 0.25) is 5.02 Å². The summed E-state index contributed by atoms with van der Waals surface area (Å²) in [5.74, 6) is 1.39. The molecule has 0 saturated carbocycles. The fourth-order valence-corrected chi connectivity index (χ4v) is 4.60. The summed E-state index contributed by atoms with van der Waals surface area (Å²) in [6.07, 6.45) is 3.38. The summed E-state index contributed by atoms with van der Waals surface area (Å²) in [6.45, 7) is 7.10. The Bertz CT molecular complexity index is 751. The Kier molecular flexibility index (Phi) is 6.24. The van der Waals surface area contributed by atoms with E-state index in [-0.39, 0.29) is 5.91 Å². The number of piperidine rings is 1. The molecule has 26 heavy (non-hydrogen) atoms. The molecule has 1 aromatic carbocycles. The van der Waals surface area contributed by atoms with Crippen molar-refractivity contribution < 1.29 is 4.79 Å². The van der Waals surface area contributed by atoms with Gasteiger partial charge < -0.3 is 9.47 Å².